The van der Waals surface area contributed by atoms with Crippen LogP contribution in [0.2, 0.25) is 0 Å². The van der Waals surface area contributed by atoms with Crippen molar-refractivity contribution in [1.29, 1.82) is 5.26 Å². The zero-order valence-electron chi connectivity index (χ0n) is 16.1. The second-order valence-corrected chi connectivity index (χ2v) is 8.75. The Hall–Kier alpha value is -2.50. The Balaban J connectivity index is 1.21. The normalized spacial score (nSPS) is 33.7. The van der Waals surface area contributed by atoms with E-state index in [9.17, 15) is 19.2 Å². The topological polar surface area (TPSA) is 93.7 Å². The fourth-order valence-electron chi connectivity index (χ4n) is 5.39. The Morgan fingerprint density at radius 3 is 2.90 bits per heavy atom. The first-order valence-electron chi connectivity index (χ1n) is 10.2. The lowest BCUT2D eigenvalue weighted by atomic mass is 10.1. The smallest absolute Gasteiger partial charge is 0.242 e. The van der Waals surface area contributed by atoms with Crippen LogP contribution < -0.4 is 5.73 Å². The second kappa shape index (κ2) is 6.78. The lowest BCUT2D eigenvalue weighted by Crippen LogP contribution is -2.56. The van der Waals surface area contributed by atoms with E-state index in [1.165, 1.54) is 12.1 Å². The van der Waals surface area contributed by atoms with Gasteiger partial charge < -0.3 is 15.5 Å². The highest BCUT2D eigenvalue weighted by molar-refractivity contribution is 5.86. The minimum atomic E-state index is -0.728. The summed E-state index contributed by atoms with van der Waals surface area (Å²) in [5.74, 6) is -0.00524. The van der Waals surface area contributed by atoms with Crippen LogP contribution in [0, 0.1) is 23.1 Å². The van der Waals surface area contributed by atoms with Gasteiger partial charge in [-0.2, -0.15) is 5.26 Å². The predicted octanol–water partition coefficient (Wildman–Crippen LogP) is 0.451. The summed E-state index contributed by atoms with van der Waals surface area (Å²) in [6, 6.07) is 7.41. The number of fused-ring (bicyclic) bond motifs is 3. The highest BCUT2D eigenvalue weighted by Gasteiger charge is 2.55. The van der Waals surface area contributed by atoms with E-state index >= 15 is 0 Å². The van der Waals surface area contributed by atoms with Crippen LogP contribution >= 0.6 is 0 Å². The van der Waals surface area contributed by atoms with Gasteiger partial charge in [-0.3, -0.25) is 14.5 Å². The van der Waals surface area contributed by atoms with Gasteiger partial charge in [0, 0.05) is 31.7 Å². The third-order valence-electron chi connectivity index (χ3n) is 6.89. The van der Waals surface area contributed by atoms with E-state index in [1.54, 1.807) is 11.0 Å². The number of hydrogen-bond donors (Lipinski definition) is 1. The molecule has 7 nitrogen and oxygen atoms in total. The molecule has 0 spiro atoms. The number of piperidine rings is 1. The fourth-order valence-corrected chi connectivity index (χ4v) is 5.39. The van der Waals surface area contributed by atoms with E-state index in [0.29, 0.717) is 32.0 Å². The molecule has 4 aliphatic rings. The van der Waals surface area contributed by atoms with Crippen LogP contribution in [0.3, 0.4) is 0 Å². The molecule has 152 valence electrons. The van der Waals surface area contributed by atoms with Crippen LogP contribution in [0.15, 0.2) is 24.3 Å². The Bertz CT molecular complexity index is 901. The number of benzene rings is 1. The van der Waals surface area contributed by atoms with Crippen molar-refractivity contribution in [3.8, 4) is 6.07 Å². The summed E-state index contributed by atoms with van der Waals surface area (Å²) in [4.78, 5) is 31.2. The van der Waals surface area contributed by atoms with Gasteiger partial charge in [-0.1, -0.05) is 12.1 Å². The van der Waals surface area contributed by atoms with Gasteiger partial charge in [-0.25, -0.2) is 4.39 Å². The molecule has 3 heterocycles. The van der Waals surface area contributed by atoms with Crippen molar-refractivity contribution in [2.75, 3.05) is 13.1 Å². The summed E-state index contributed by atoms with van der Waals surface area (Å²) in [7, 11) is 0. The Labute approximate surface area is 168 Å². The molecule has 6 atom stereocenters. The van der Waals surface area contributed by atoms with E-state index < -0.39 is 6.04 Å². The molecular formula is C21H24FN5O2. The van der Waals surface area contributed by atoms with Gasteiger partial charge in [0.15, 0.2) is 0 Å². The molecule has 0 aromatic heterocycles. The maximum absolute atomic E-state index is 13.4. The third kappa shape index (κ3) is 3.09. The predicted molar refractivity (Wildman–Crippen MR) is 101 cm³/mol. The number of nitrogens with two attached hydrogens (primary N) is 1. The summed E-state index contributed by atoms with van der Waals surface area (Å²) in [6.07, 6.45) is 2.43. The molecule has 3 saturated heterocycles. The molecule has 5 rings (SSSR count). The van der Waals surface area contributed by atoms with E-state index in [1.807, 2.05) is 15.9 Å². The maximum Gasteiger partial charge on any atom is 0.242 e. The highest BCUT2D eigenvalue weighted by Crippen LogP contribution is 2.47. The molecule has 2 bridgehead atoms. The summed E-state index contributed by atoms with van der Waals surface area (Å²) in [6.45, 7) is 1.39. The standard InChI is InChI=1S/C21H24FN5O2/c22-14-3-1-2-12(4-14)9-26-16-7-19(21(26)29)25(10-16)11-17(24)20(28)27-15(8-23)5-13-6-18(13)27/h1-4,13,15-19H,5-7,9-11,24H2/t13-,15?,16+,17?,18+,19+/m1/s1. The summed E-state index contributed by atoms with van der Waals surface area (Å²) in [5, 5.41) is 9.31. The number of piperazine rings is 1. The monoisotopic (exact) mass is 397 g/mol. The van der Waals surface area contributed by atoms with Gasteiger partial charge in [-0.15, -0.1) is 0 Å². The van der Waals surface area contributed by atoms with Crippen molar-refractivity contribution < 1.29 is 14.0 Å². The first kappa shape index (κ1) is 18.5. The zero-order valence-corrected chi connectivity index (χ0v) is 16.1. The van der Waals surface area contributed by atoms with E-state index in [-0.39, 0.29) is 41.8 Å². The van der Waals surface area contributed by atoms with E-state index in [0.717, 1.165) is 18.4 Å². The third-order valence-corrected chi connectivity index (χ3v) is 6.89. The highest BCUT2D eigenvalue weighted by atomic mass is 19.1. The average Bonchev–Trinajstić information content (AvgIpc) is 3.04. The molecule has 0 radical (unpaired) electrons. The molecule has 2 N–H and O–H groups in total. The van der Waals surface area contributed by atoms with Crippen LogP contribution in [0.4, 0.5) is 4.39 Å². The number of amides is 2. The molecule has 1 aromatic rings. The molecular weight excluding hydrogens is 373 g/mol. The van der Waals surface area contributed by atoms with Crippen LogP contribution in [0.5, 0.6) is 0 Å². The van der Waals surface area contributed by atoms with Crippen LogP contribution in [-0.4, -0.2) is 69.8 Å². The Kier molecular flexibility index (Phi) is 4.33. The molecule has 1 aliphatic carbocycles. The molecule has 4 fully saturated rings. The van der Waals surface area contributed by atoms with Crippen molar-refractivity contribution >= 4 is 11.8 Å². The molecule has 1 aromatic carbocycles. The number of halogens is 1. The second-order valence-electron chi connectivity index (χ2n) is 8.75. The number of nitriles is 1. The number of likely N-dealkylation sites (tertiary alicyclic amines) is 3. The molecule has 1 saturated carbocycles. The van der Waals surface area contributed by atoms with E-state index in [4.69, 9.17) is 5.73 Å². The van der Waals surface area contributed by atoms with Crippen molar-refractivity contribution in [2.24, 2.45) is 11.7 Å². The lowest BCUT2D eigenvalue weighted by molar-refractivity contribution is -0.139. The SMILES string of the molecule is N#CC1C[C@@H]2C[C@@H]2N1C(=O)C(N)CN1C[C@@H]2C[C@H]1C(=O)N2Cc1cccc(F)c1. The summed E-state index contributed by atoms with van der Waals surface area (Å²) >= 11 is 0. The number of rotatable bonds is 5. The van der Waals surface area contributed by atoms with Crippen molar-refractivity contribution in [2.45, 2.75) is 56.0 Å². The zero-order chi connectivity index (χ0) is 20.3. The van der Waals surface area contributed by atoms with Gasteiger partial charge in [0.25, 0.3) is 0 Å². The largest absolute Gasteiger partial charge is 0.333 e. The number of carbonyl (C=O) groups excluding carboxylic acids is 2. The van der Waals surface area contributed by atoms with Crippen LogP contribution in [-0.2, 0) is 16.1 Å². The van der Waals surface area contributed by atoms with Gasteiger partial charge in [0.2, 0.25) is 11.8 Å². The Morgan fingerprint density at radius 1 is 1.34 bits per heavy atom. The first-order chi connectivity index (χ1) is 14.0. The molecule has 2 unspecified atom stereocenters. The van der Waals surface area contributed by atoms with Gasteiger partial charge in [0.1, 0.15) is 11.9 Å². The minimum absolute atomic E-state index is 0.0171. The van der Waals surface area contributed by atoms with Gasteiger partial charge >= 0.3 is 0 Å². The molecule has 29 heavy (non-hydrogen) atoms. The quantitative estimate of drug-likeness (QED) is 0.779. The van der Waals surface area contributed by atoms with Gasteiger partial charge in [0.05, 0.1) is 18.2 Å². The lowest BCUT2D eigenvalue weighted by Gasteiger charge is -2.35. The van der Waals surface area contributed by atoms with Crippen molar-refractivity contribution in [1.82, 2.24) is 14.7 Å². The molecule has 3 aliphatic heterocycles. The number of nitrogens with zero attached hydrogens (tertiary/aromatic N) is 4. The van der Waals surface area contributed by atoms with Crippen LogP contribution in [0.1, 0.15) is 24.8 Å². The summed E-state index contributed by atoms with van der Waals surface area (Å²) < 4.78 is 13.4. The first-order valence-corrected chi connectivity index (χ1v) is 10.2. The van der Waals surface area contributed by atoms with Crippen LogP contribution in [0.25, 0.3) is 0 Å². The Morgan fingerprint density at radius 2 is 2.17 bits per heavy atom. The number of hydrogen-bond acceptors (Lipinski definition) is 5. The molecule has 2 amide bonds. The van der Waals surface area contributed by atoms with Gasteiger partial charge in [-0.05, 0) is 42.9 Å². The van der Waals surface area contributed by atoms with Crippen molar-refractivity contribution in [3.05, 3.63) is 35.6 Å². The number of carbonyl (C=O) groups is 2. The fraction of sp³-hybridized carbons (Fsp3) is 0.571. The molecule has 8 heteroatoms. The summed E-state index contributed by atoms with van der Waals surface area (Å²) in [5.41, 5.74) is 7.00. The average molecular weight is 397 g/mol. The van der Waals surface area contributed by atoms with E-state index in [2.05, 4.69) is 6.07 Å². The maximum atomic E-state index is 13.4. The van der Waals surface area contributed by atoms with Crippen molar-refractivity contribution in [3.63, 3.8) is 0 Å². The minimum Gasteiger partial charge on any atom is -0.333 e.